The predicted molar refractivity (Wildman–Crippen MR) is 73.6 cm³/mol. The van der Waals surface area contributed by atoms with E-state index < -0.39 is 5.97 Å². The second-order valence-electron chi connectivity index (χ2n) is 4.42. The van der Waals surface area contributed by atoms with Crippen molar-refractivity contribution in [1.82, 2.24) is 0 Å². The Hall–Kier alpha value is -1.45. The number of benzene rings is 2. The van der Waals surface area contributed by atoms with Gasteiger partial charge in [-0.05, 0) is 41.3 Å². The average Bonchev–Trinajstić information content (AvgIpc) is 2.54. The van der Waals surface area contributed by atoms with Crippen LogP contribution in [0.25, 0.3) is 0 Å². The highest BCUT2D eigenvalue weighted by atomic mass is 35.5. The topological polar surface area (TPSA) is 40.1 Å². The van der Waals surface area contributed by atoms with Crippen LogP contribution in [0.1, 0.15) is 26.9 Å². The number of carboxylic acid groups (broad SMARTS) is 1. The molecule has 0 fully saturated rings. The van der Waals surface area contributed by atoms with E-state index in [1.54, 1.807) is 23.9 Å². The molecule has 0 saturated heterocycles. The molecule has 0 aromatic heterocycles. The Kier molecular flexibility index (Phi) is 3.25. The molecule has 0 radical (unpaired) electrons. The summed E-state index contributed by atoms with van der Waals surface area (Å²) in [6.45, 7) is 0. The highest BCUT2D eigenvalue weighted by molar-refractivity contribution is 7.99. The molecular weight excluding hydrogens is 280 g/mol. The van der Waals surface area contributed by atoms with Gasteiger partial charge in [0.05, 0.1) is 11.3 Å². The Morgan fingerprint density at radius 3 is 2.79 bits per heavy atom. The monoisotopic (exact) mass is 289 g/mol. The minimum atomic E-state index is -1.17. The molecule has 2 nitrogen and oxygen atoms in total. The third-order valence-corrected chi connectivity index (χ3v) is 4.77. The van der Waals surface area contributed by atoms with E-state index in [1.807, 2.05) is 18.2 Å². The van der Waals surface area contributed by atoms with Crippen molar-refractivity contribution in [2.75, 3.05) is 0 Å². The second-order valence-corrected chi connectivity index (χ2v) is 6.03. The van der Waals surface area contributed by atoms with Gasteiger partial charge in [0.15, 0.2) is 0 Å². The number of aromatic carboxylic acids is 1. The number of rotatable bonds is 1. The summed E-state index contributed by atoms with van der Waals surface area (Å²) in [6, 6.07) is 13.1. The third kappa shape index (κ3) is 2.36. The summed E-state index contributed by atoms with van der Waals surface area (Å²) in [4.78, 5) is 13.1. The molecule has 4 heteroatoms. The number of hydrogen-bond donors (Lipinski definition) is 0. The Morgan fingerprint density at radius 1 is 1.21 bits per heavy atom. The van der Waals surface area contributed by atoms with Crippen LogP contribution >= 0.6 is 23.4 Å². The van der Waals surface area contributed by atoms with Gasteiger partial charge in [0.2, 0.25) is 0 Å². The van der Waals surface area contributed by atoms with Crippen LogP contribution in [0.2, 0.25) is 0 Å². The maximum Gasteiger partial charge on any atom is 0.0715 e. The molecule has 0 aliphatic carbocycles. The quantitative estimate of drug-likeness (QED) is 0.758. The SMILES string of the molecule is O=C([O-])c1ccc2c(c1)[C@H](Cl)Cc1ccccc1S2. The van der Waals surface area contributed by atoms with Gasteiger partial charge in [0.25, 0.3) is 0 Å². The van der Waals surface area contributed by atoms with Gasteiger partial charge in [-0.25, -0.2) is 0 Å². The number of halogens is 1. The van der Waals surface area contributed by atoms with Crippen LogP contribution in [0, 0.1) is 0 Å². The lowest BCUT2D eigenvalue weighted by molar-refractivity contribution is -0.255. The van der Waals surface area contributed by atoms with Gasteiger partial charge < -0.3 is 9.90 Å². The van der Waals surface area contributed by atoms with Crippen molar-refractivity contribution >= 4 is 29.3 Å². The summed E-state index contributed by atoms with van der Waals surface area (Å²) in [5.41, 5.74) is 2.24. The zero-order chi connectivity index (χ0) is 13.4. The van der Waals surface area contributed by atoms with Crippen molar-refractivity contribution < 1.29 is 9.90 Å². The Balaban J connectivity index is 2.11. The van der Waals surface area contributed by atoms with Crippen molar-refractivity contribution in [3.63, 3.8) is 0 Å². The number of carbonyl (C=O) groups is 1. The fraction of sp³-hybridized carbons (Fsp3) is 0.133. The molecule has 1 heterocycles. The number of hydrogen-bond acceptors (Lipinski definition) is 3. The van der Waals surface area contributed by atoms with Crippen LogP contribution < -0.4 is 5.11 Å². The van der Waals surface area contributed by atoms with Crippen LogP contribution in [-0.4, -0.2) is 5.97 Å². The smallest absolute Gasteiger partial charge is 0.0715 e. The lowest BCUT2D eigenvalue weighted by Gasteiger charge is -2.12. The van der Waals surface area contributed by atoms with E-state index in [0.717, 1.165) is 10.5 Å². The van der Waals surface area contributed by atoms with Crippen LogP contribution in [-0.2, 0) is 6.42 Å². The summed E-state index contributed by atoms with van der Waals surface area (Å²) < 4.78 is 0. The van der Waals surface area contributed by atoms with Gasteiger partial charge in [-0.2, -0.15) is 0 Å². The van der Waals surface area contributed by atoms with E-state index in [0.29, 0.717) is 6.42 Å². The molecule has 1 atom stereocenters. The fourth-order valence-corrected chi connectivity index (χ4v) is 3.74. The first-order valence-corrected chi connectivity index (χ1v) is 7.15. The summed E-state index contributed by atoms with van der Waals surface area (Å²) in [7, 11) is 0. The van der Waals surface area contributed by atoms with Crippen LogP contribution in [0.15, 0.2) is 52.3 Å². The maximum atomic E-state index is 10.9. The summed E-state index contributed by atoms with van der Waals surface area (Å²) >= 11 is 8.06. The first-order chi connectivity index (χ1) is 9.15. The van der Waals surface area contributed by atoms with Gasteiger partial charge in [0, 0.05) is 9.79 Å². The predicted octanol–water partition coefficient (Wildman–Crippen LogP) is 3.04. The highest BCUT2D eigenvalue weighted by Gasteiger charge is 2.21. The number of alkyl halides is 1. The molecule has 0 spiro atoms. The standard InChI is InChI=1S/C15H11ClO2S/c16-12-8-9-3-1-2-4-13(9)19-14-6-5-10(15(17)18)7-11(12)14/h1-7,12H,8H2,(H,17,18)/p-1/t12-/m1/s1. The van der Waals surface area contributed by atoms with Crippen molar-refractivity contribution in [1.29, 1.82) is 0 Å². The first kappa shape index (κ1) is 12.6. The van der Waals surface area contributed by atoms with Crippen molar-refractivity contribution in [3.8, 4) is 0 Å². The molecule has 2 aromatic carbocycles. The van der Waals surface area contributed by atoms with E-state index in [-0.39, 0.29) is 10.9 Å². The second kappa shape index (κ2) is 4.91. The van der Waals surface area contributed by atoms with Crippen molar-refractivity contribution in [2.45, 2.75) is 21.6 Å². The van der Waals surface area contributed by atoms with Gasteiger partial charge in [-0.3, -0.25) is 0 Å². The minimum Gasteiger partial charge on any atom is -0.545 e. The van der Waals surface area contributed by atoms with Gasteiger partial charge in [-0.15, -0.1) is 11.6 Å². The number of fused-ring (bicyclic) bond motifs is 2. The molecule has 3 rings (SSSR count). The number of carbonyl (C=O) groups excluding carboxylic acids is 1. The van der Waals surface area contributed by atoms with Gasteiger partial charge in [-0.1, -0.05) is 36.0 Å². The Labute approximate surface area is 120 Å². The molecule has 0 unspecified atom stereocenters. The molecule has 19 heavy (non-hydrogen) atoms. The zero-order valence-corrected chi connectivity index (χ0v) is 11.5. The zero-order valence-electron chi connectivity index (χ0n) is 9.93. The molecule has 0 bridgehead atoms. The largest absolute Gasteiger partial charge is 0.545 e. The Bertz CT molecular complexity index is 654. The lowest BCUT2D eigenvalue weighted by atomic mass is 10.0. The third-order valence-electron chi connectivity index (χ3n) is 3.17. The van der Waals surface area contributed by atoms with Crippen LogP contribution in [0.5, 0.6) is 0 Å². The van der Waals surface area contributed by atoms with Crippen LogP contribution in [0.4, 0.5) is 0 Å². The average molecular weight is 290 g/mol. The molecule has 0 amide bonds. The first-order valence-electron chi connectivity index (χ1n) is 5.90. The van der Waals surface area contributed by atoms with E-state index in [2.05, 4.69) is 12.1 Å². The molecule has 96 valence electrons. The normalized spacial score (nSPS) is 17.2. The van der Waals surface area contributed by atoms with Crippen LogP contribution in [0.3, 0.4) is 0 Å². The molecule has 1 aliphatic heterocycles. The van der Waals surface area contributed by atoms with E-state index in [9.17, 15) is 9.90 Å². The van der Waals surface area contributed by atoms with Gasteiger partial charge in [0.1, 0.15) is 0 Å². The van der Waals surface area contributed by atoms with Crippen molar-refractivity contribution in [3.05, 3.63) is 59.2 Å². The lowest BCUT2D eigenvalue weighted by Crippen LogP contribution is -2.22. The summed E-state index contributed by atoms with van der Waals surface area (Å²) in [5.74, 6) is -1.17. The minimum absolute atomic E-state index is 0.177. The highest BCUT2D eigenvalue weighted by Crippen LogP contribution is 2.43. The summed E-state index contributed by atoms with van der Waals surface area (Å²) in [6.07, 6.45) is 0.703. The Morgan fingerprint density at radius 2 is 2.00 bits per heavy atom. The maximum absolute atomic E-state index is 10.9. The number of carboxylic acids is 1. The molecular formula is C15H10ClO2S-. The molecule has 0 saturated carbocycles. The summed E-state index contributed by atoms with van der Waals surface area (Å²) in [5, 5.41) is 10.7. The van der Waals surface area contributed by atoms with Gasteiger partial charge >= 0.3 is 0 Å². The van der Waals surface area contributed by atoms with E-state index in [4.69, 9.17) is 11.6 Å². The van der Waals surface area contributed by atoms with E-state index >= 15 is 0 Å². The molecule has 1 aliphatic rings. The fourth-order valence-electron chi connectivity index (χ4n) is 2.21. The van der Waals surface area contributed by atoms with Crippen molar-refractivity contribution in [2.24, 2.45) is 0 Å². The molecule has 2 aromatic rings. The van der Waals surface area contributed by atoms with E-state index in [1.165, 1.54) is 10.5 Å². The molecule has 0 N–H and O–H groups in total.